The van der Waals surface area contributed by atoms with Crippen LogP contribution in [0, 0.1) is 0 Å². The van der Waals surface area contributed by atoms with Crippen molar-refractivity contribution in [1.29, 1.82) is 0 Å². The third-order valence-corrected chi connectivity index (χ3v) is 21.9. The molecular weight excluding hydrogens is 1370 g/mol. The summed E-state index contributed by atoms with van der Waals surface area (Å²) in [7, 11) is 0. The second-order valence-electron chi connectivity index (χ2n) is 28.4. The molecule has 0 amide bonds. The van der Waals surface area contributed by atoms with Crippen molar-refractivity contribution in [2.45, 2.75) is 0 Å². The zero-order valence-electron chi connectivity index (χ0n) is 60.2. The quantitative estimate of drug-likeness (QED) is 0.133. The first-order valence-electron chi connectivity index (χ1n) is 37.6. The number of furan rings is 2. The zero-order valence-corrected chi connectivity index (χ0v) is 60.2. The molecule has 0 saturated heterocycles. The maximum absolute atomic E-state index is 7.10. The number of hydrogen-bond donors (Lipinski definition) is 0. The Morgan fingerprint density at radius 2 is 0.518 bits per heavy atom. The monoisotopic (exact) mass is 1430 g/mol. The topological polar surface area (TPSA) is 113 Å². The van der Waals surface area contributed by atoms with Gasteiger partial charge in [0.1, 0.15) is 11.2 Å². The summed E-state index contributed by atoms with van der Waals surface area (Å²) >= 11 is 0. The number of benzene rings is 17. The Morgan fingerprint density at radius 3 is 0.946 bits per heavy atom. The normalized spacial score (nSPS) is 11.8. The first-order chi connectivity index (χ1) is 55.5. The molecule has 0 atom stereocenters. The number of aromatic nitrogens is 8. The van der Waals surface area contributed by atoms with E-state index in [1.54, 1.807) is 0 Å². The molecule has 17 aromatic carbocycles. The molecule has 0 fully saturated rings. The molecule has 6 aromatic heterocycles. The maximum Gasteiger partial charge on any atom is 0.164 e. The summed E-state index contributed by atoms with van der Waals surface area (Å²) in [5, 5.41) is 15.7. The van der Waals surface area contributed by atoms with E-state index in [1.807, 2.05) is 78.9 Å². The fourth-order valence-corrected chi connectivity index (χ4v) is 16.7. The number of rotatable bonds is 10. The van der Waals surface area contributed by atoms with E-state index in [-0.39, 0.29) is 0 Å². The molecule has 10 heteroatoms. The summed E-state index contributed by atoms with van der Waals surface area (Å²) in [4.78, 5) is 31.0. The smallest absolute Gasteiger partial charge is 0.164 e. The summed E-state index contributed by atoms with van der Waals surface area (Å²) in [5.41, 5.74) is 19.4. The van der Waals surface area contributed by atoms with Crippen molar-refractivity contribution in [2.75, 3.05) is 0 Å². The molecule has 112 heavy (non-hydrogen) atoms. The van der Waals surface area contributed by atoms with Gasteiger partial charge in [0.15, 0.2) is 46.1 Å². The second-order valence-corrected chi connectivity index (χ2v) is 28.4. The summed E-state index contributed by atoms with van der Waals surface area (Å²) in [5.74, 6) is 3.62. The summed E-state index contributed by atoms with van der Waals surface area (Å²) in [6.07, 6.45) is 0. The van der Waals surface area contributed by atoms with E-state index in [0.29, 0.717) is 34.9 Å². The number of nitrogens with zero attached hydrogens (tertiary/aromatic N) is 8. The largest absolute Gasteiger partial charge is 0.454 e. The van der Waals surface area contributed by atoms with Crippen LogP contribution in [0.1, 0.15) is 0 Å². The van der Waals surface area contributed by atoms with Gasteiger partial charge in [-0.2, -0.15) is 0 Å². The van der Waals surface area contributed by atoms with Crippen molar-refractivity contribution < 1.29 is 8.83 Å². The van der Waals surface area contributed by atoms with Crippen LogP contribution in [-0.4, -0.2) is 39.0 Å². The van der Waals surface area contributed by atoms with Gasteiger partial charge >= 0.3 is 0 Å². The van der Waals surface area contributed by atoms with Crippen LogP contribution in [0.4, 0.5) is 0 Å². The molecule has 0 radical (unpaired) electrons. The van der Waals surface area contributed by atoms with Gasteiger partial charge in [0, 0.05) is 76.5 Å². The zero-order chi connectivity index (χ0) is 73.7. The lowest BCUT2D eigenvalue weighted by atomic mass is 9.96. The highest BCUT2D eigenvalue weighted by molar-refractivity contribution is 6.23. The minimum absolute atomic E-state index is 0.582. The van der Waals surface area contributed by atoms with Crippen molar-refractivity contribution in [3.63, 3.8) is 0 Å². The molecule has 0 aliphatic heterocycles. The molecule has 0 spiro atoms. The second kappa shape index (κ2) is 26.3. The molecule has 10 nitrogen and oxygen atoms in total. The van der Waals surface area contributed by atoms with Gasteiger partial charge in [-0.25, -0.2) is 29.9 Å². The molecule has 0 aliphatic carbocycles. The van der Waals surface area contributed by atoms with Crippen LogP contribution in [0.3, 0.4) is 0 Å². The molecule has 23 rings (SSSR count). The van der Waals surface area contributed by atoms with E-state index in [0.717, 1.165) is 144 Å². The molecule has 0 N–H and O–H groups in total. The van der Waals surface area contributed by atoms with Crippen molar-refractivity contribution in [1.82, 2.24) is 39.0 Å². The molecule has 6 heterocycles. The summed E-state index contributed by atoms with van der Waals surface area (Å²) in [6.45, 7) is 0. The third kappa shape index (κ3) is 10.7. The van der Waals surface area contributed by atoms with Gasteiger partial charge in [-0.3, -0.25) is 0 Å². The predicted octanol–water partition coefficient (Wildman–Crippen LogP) is 26.5. The van der Waals surface area contributed by atoms with Gasteiger partial charge in [-0.05, 0) is 121 Å². The predicted molar refractivity (Wildman–Crippen MR) is 459 cm³/mol. The van der Waals surface area contributed by atoms with Gasteiger partial charge in [-0.15, -0.1) is 0 Å². The Labute approximate surface area is 641 Å². The van der Waals surface area contributed by atoms with Gasteiger partial charge in [0.2, 0.25) is 0 Å². The highest BCUT2D eigenvalue weighted by Gasteiger charge is 2.28. The minimum atomic E-state index is 0.582. The molecule has 0 aliphatic rings. The van der Waals surface area contributed by atoms with Crippen molar-refractivity contribution in [3.8, 4) is 102 Å². The van der Waals surface area contributed by atoms with Gasteiger partial charge in [0.05, 0.1) is 33.4 Å². The van der Waals surface area contributed by atoms with Crippen LogP contribution in [0.25, 0.3) is 222 Å². The number of para-hydroxylation sites is 3. The molecule has 0 unspecified atom stereocenters. The van der Waals surface area contributed by atoms with E-state index >= 15 is 0 Å². The van der Waals surface area contributed by atoms with Crippen molar-refractivity contribution in [3.05, 3.63) is 376 Å². The third-order valence-electron chi connectivity index (χ3n) is 21.9. The van der Waals surface area contributed by atoms with Gasteiger partial charge < -0.3 is 18.0 Å². The minimum Gasteiger partial charge on any atom is -0.454 e. The standard InChI is InChI=1S/C53H32N4O.C49H30N4O/c1-3-15-34(16-4-1)40-28-29-45(57-44-24-12-11-22-41(44)43-31-37-20-9-10-21-38(37)32-46(43)57)50-49(40)48-42(23-13-25-47(48)58-50)53-55-51(35-17-5-2-6-18-35)54-52(56-53)39-27-26-33-14-7-8-19-36(33)30-39;1-3-15-32(16-4-1)36-28-29-42(53-40-23-11-9-20-37(40)38-21-10-12-24-41(38)53)46-45(36)44-39(22-13-25-43(44)54-46)49-51-47(33-17-5-2-6-18-33)50-48(52-49)35-27-26-31-14-7-8-19-34(31)30-35/h1-32H;1-30H. The molecule has 0 bridgehead atoms. The molecular formula is C102H62N8O2. The fourth-order valence-electron chi connectivity index (χ4n) is 16.7. The van der Waals surface area contributed by atoms with Crippen LogP contribution >= 0.6 is 0 Å². The van der Waals surface area contributed by atoms with Gasteiger partial charge in [-0.1, -0.05) is 309 Å². The lowest BCUT2D eigenvalue weighted by Gasteiger charge is -2.13. The first kappa shape index (κ1) is 64.0. The average molecular weight is 1430 g/mol. The highest BCUT2D eigenvalue weighted by Crippen LogP contribution is 2.49. The Balaban J connectivity index is 0.000000138. The Bertz CT molecular complexity index is 7640. The Morgan fingerprint density at radius 1 is 0.188 bits per heavy atom. The number of fused-ring (bicyclic) bond motifs is 15. The van der Waals surface area contributed by atoms with Crippen LogP contribution in [0.15, 0.2) is 385 Å². The molecule has 23 aromatic rings. The summed E-state index contributed by atoms with van der Waals surface area (Å²) in [6, 6.07) is 131. The lowest BCUT2D eigenvalue weighted by molar-refractivity contribution is 0.666. The highest BCUT2D eigenvalue weighted by atomic mass is 16.3. The van der Waals surface area contributed by atoms with Crippen LogP contribution in [-0.2, 0) is 0 Å². The van der Waals surface area contributed by atoms with E-state index < -0.39 is 0 Å². The molecule has 0 saturated carbocycles. The number of hydrogen-bond acceptors (Lipinski definition) is 8. The first-order valence-corrected chi connectivity index (χ1v) is 37.6. The van der Waals surface area contributed by atoms with Crippen LogP contribution in [0.5, 0.6) is 0 Å². The van der Waals surface area contributed by atoms with Crippen molar-refractivity contribution in [2.24, 2.45) is 0 Å². The van der Waals surface area contributed by atoms with E-state index in [9.17, 15) is 0 Å². The summed E-state index contributed by atoms with van der Waals surface area (Å²) < 4.78 is 18.8. The fraction of sp³-hybridized carbons (Fsp3) is 0. The van der Waals surface area contributed by atoms with E-state index in [1.165, 1.54) is 43.1 Å². The maximum atomic E-state index is 7.10. The van der Waals surface area contributed by atoms with Crippen LogP contribution in [0.2, 0.25) is 0 Å². The SMILES string of the molecule is c1ccc(-c2nc(-c3ccc4ccccc4c3)nc(-c3cccc4oc5c(-n6c7ccccc7c7cc8ccccc8cc76)ccc(-c6ccccc6)c5c34)n2)cc1.c1ccc(-c2nc(-c3ccc4ccccc4c3)nc(-c3cccc4oc5c(-n6c7ccccc7c7ccccc76)ccc(-c6ccccc6)c5c34)n2)cc1. The van der Waals surface area contributed by atoms with Crippen molar-refractivity contribution >= 4 is 120 Å². The lowest BCUT2D eigenvalue weighted by Crippen LogP contribution is -2.00. The van der Waals surface area contributed by atoms with E-state index in [2.05, 4.69) is 306 Å². The van der Waals surface area contributed by atoms with Crippen LogP contribution < -0.4 is 0 Å². The Hall–Kier alpha value is -15.3. The van der Waals surface area contributed by atoms with Gasteiger partial charge in [0.25, 0.3) is 0 Å². The Kier molecular flexibility index (Phi) is 15.0. The van der Waals surface area contributed by atoms with E-state index in [4.69, 9.17) is 38.7 Å². The average Bonchev–Trinajstić information content (AvgIpc) is 1.56. The molecule has 522 valence electrons.